The third kappa shape index (κ3) is 7.29. The van der Waals surface area contributed by atoms with Crippen LogP contribution < -0.4 is 10.1 Å². The molecule has 0 radical (unpaired) electrons. The highest BCUT2D eigenvalue weighted by atomic mass is 35.5. The van der Waals surface area contributed by atoms with E-state index in [0.717, 1.165) is 14.7 Å². The highest BCUT2D eigenvalue weighted by Crippen LogP contribution is 2.33. The summed E-state index contributed by atoms with van der Waals surface area (Å²) in [5.74, 6) is -0.108. The van der Waals surface area contributed by atoms with E-state index < -0.39 is 23.0 Å². The molecule has 0 atom stereocenters. The average molecular weight is 503 g/mol. The van der Waals surface area contributed by atoms with Gasteiger partial charge < -0.3 is 14.8 Å². The van der Waals surface area contributed by atoms with E-state index in [1.165, 1.54) is 0 Å². The van der Waals surface area contributed by atoms with Gasteiger partial charge in [-0.3, -0.25) is 0 Å². The van der Waals surface area contributed by atoms with E-state index in [-0.39, 0.29) is 13.2 Å². The van der Waals surface area contributed by atoms with Gasteiger partial charge in [-0.2, -0.15) is 0 Å². The summed E-state index contributed by atoms with van der Waals surface area (Å²) in [5.41, 5.74) is 0.300. The van der Waals surface area contributed by atoms with Gasteiger partial charge in [0.2, 0.25) is 0 Å². The van der Waals surface area contributed by atoms with Crippen LogP contribution in [0, 0.1) is 0 Å². The molecule has 33 heavy (non-hydrogen) atoms. The Kier molecular flexibility index (Phi) is 8.83. The number of carbonyl (C=O) groups is 2. The van der Waals surface area contributed by atoms with Crippen molar-refractivity contribution >= 4 is 46.2 Å². The molecule has 1 amide bonds. The van der Waals surface area contributed by atoms with Crippen LogP contribution in [0.15, 0.2) is 99.6 Å². The molecule has 1 N–H and O–H groups in total. The second kappa shape index (κ2) is 11.8. The molecule has 3 aromatic carbocycles. The number of hydrogen-bond acceptors (Lipinski definition) is 4. The Labute approximate surface area is 205 Å². The third-order valence-corrected chi connectivity index (χ3v) is 7.06. The summed E-state index contributed by atoms with van der Waals surface area (Å²) in [6, 6.07) is 22.8. The predicted molar refractivity (Wildman–Crippen MR) is 131 cm³/mol. The minimum atomic E-state index is -0.636. The number of carbonyl (C=O) groups excluding carboxylic acids is 2. The van der Waals surface area contributed by atoms with Gasteiger partial charge >= 0.3 is 12.1 Å². The number of benzene rings is 3. The quantitative estimate of drug-likeness (QED) is 0.170. The Bertz CT molecular complexity index is 1070. The number of amides is 1. The number of ether oxygens (including phenoxy) is 2. The molecule has 170 valence electrons. The molecule has 0 spiro atoms. The monoisotopic (exact) mass is 502 g/mol. The number of esters is 1. The molecule has 0 aromatic heterocycles. The molecule has 0 saturated carbocycles. The Morgan fingerprint density at radius 2 is 1.30 bits per heavy atom. The summed E-state index contributed by atoms with van der Waals surface area (Å²) in [6.07, 6.45) is -0.636. The van der Waals surface area contributed by atoms with E-state index in [4.69, 9.17) is 32.7 Å². The molecule has 0 fully saturated rings. The zero-order valence-electron chi connectivity index (χ0n) is 17.8. The largest absolute Gasteiger partial charge is 0.460 e. The molecule has 0 aliphatic heterocycles. The second-order valence-corrected chi connectivity index (χ2v) is 9.82. The summed E-state index contributed by atoms with van der Waals surface area (Å²) >= 11 is 12.2. The first-order valence-electron chi connectivity index (χ1n) is 9.97. The molecule has 0 aliphatic rings. The van der Waals surface area contributed by atoms with Gasteiger partial charge in [-0.05, 0) is 79.7 Å². The van der Waals surface area contributed by atoms with Crippen molar-refractivity contribution in [2.75, 3.05) is 13.2 Å². The zero-order chi connectivity index (χ0) is 23.8. The molecule has 0 bridgehead atoms. The van der Waals surface area contributed by atoms with Crippen molar-refractivity contribution in [3.63, 3.8) is 0 Å². The maximum Gasteiger partial charge on any atom is 0.412 e. The molecule has 3 rings (SSSR count). The van der Waals surface area contributed by atoms with Gasteiger partial charge in [0.25, 0.3) is 0 Å². The fourth-order valence-corrected chi connectivity index (χ4v) is 5.05. The Morgan fingerprint density at radius 1 is 0.848 bits per heavy atom. The Morgan fingerprint density at radius 3 is 1.76 bits per heavy atom. The fraction of sp³-hybridized carbons (Fsp3) is 0.120. The van der Waals surface area contributed by atoms with Gasteiger partial charge in [0.1, 0.15) is 12.4 Å². The summed E-state index contributed by atoms with van der Waals surface area (Å²) in [4.78, 5) is 26.6. The molecule has 0 aliphatic carbocycles. The van der Waals surface area contributed by atoms with Crippen LogP contribution in [0.2, 0.25) is 10.0 Å². The first-order chi connectivity index (χ1) is 15.8. The SMILES string of the molecule is C=C(C)C(=O)OCCNC(=O)Oc1ccc([S+](c2ccc(Cl)cc2)c2ccc(Cl)cc2)cc1. The number of halogens is 2. The molecule has 5 nitrogen and oxygen atoms in total. The summed E-state index contributed by atoms with van der Waals surface area (Å²) < 4.78 is 10.2. The van der Waals surface area contributed by atoms with E-state index in [1.807, 2.05) is 60.7 Å². The lowest BCUT2D eigenvalue weighted by atomic mass is 10.3. The van der Waals surface area contributed by atoms with Gasteiger partial charge in [0.05, 0.1) is 17.4 Å². The molecule has 0 heterocycles. The van der Waals surface area contributed by atoms with Crippen molar-refractivity contribution in [1.82, 2.24) is 5.32 Å². The first kappa shape index (κ1) is 24.7. The number of rotatable bonds is 8. The maximum absolute atomic E-state index is 12.0. The Balaban J connectivity index is 1.68. The van der Waals surface area contributed by atoms with Crippen LogP contribution in [0.4, 0.5) is 4.79 Å². The fourth-order valence-electron chi connectivity index (χ4n) is 2.76. The maximum atomic E-state index is 12.0. The highest BCUT2D eigenvalue weighted by Gasteiger charge is 2.28. The zero-order valence-corrected chi connectivity index (χ0v) is 20.2. The van der Waals surface area contributed by atoms with Gasteiger partial charge in [-0.1, -0.05) is 29.8 Å². The topological polar surface area (TPSA) is 64.6 Å². The van der Waals surface area contributed by atoms with Crippen molar-refractivity contribution in [2.45, 2.75) is 21.6 Å². The van der Waals surface area contributed by atoms with Crippen LogP contribution in [0.3, 0.4) is 0 Å². The van der Waals surface area contributed by atoms with Crippen molar-refractivity contribution in [3.05, 3.63) is 95.0 Å². The standard InChI is InChI=1S/C25H21Cl2NO4S/c1-17(2)24(29)31-16-15-28-25(30)32-20-7-13-23(14-8-20)33(21-9-3-18(26)4-10-21)22-11-5-19(27)6-12-22/h3-14H,1,15-16H2,2H3/p+1. The third-order valence-electron chi connectivity index (χ3n) is 4.32. The summed E-state index contributed by atoms with van der Waals surface area (Å²) in [6.45, 7) is 5.21. The molecular weight excluding hydrogens is 481 g/mol. The lowest BCUT2D eigenvalue weighted by Gasteiger charge is -2.10. The lowest BCUT2D eigenvalue weighted by molar-refractivity contribution is -0.138. The smallest absolute Gasteiger partial charge is 0.412 e. The normalized spacial score (nSPS) is 10.5. The van der Waals surface area contributed by atoms with E-state index in [1.54, 1.807) is 19.1 Å². The van der Waals surface area contributed by atoms with Crippen LogP contribution >= 0.6 is 23.2 Å². The number of nitrogens with one attached hydrogen (secondary N) is 1. The van der Waals surface area contributed by atoms with Gasteiger partial charge in [-0.25, -0.2) is 9.59 Å². The second-order valence-electron chi connectivity index (χ2n) is 6.92. The van der Waals surface area contributed by atoms with Gasteiger partial charge in [0.15, 0.2) is 14.7 Å². The highest BCUT2D eigenvalue weighted by molar-refractivity contribution is 7.97. The van der Waals surface area contributed by atoms with Gasteiger partial charge in [-0.15, -0.1) is 0 Å². The van der Waals surface area contributed by atoms with Crippen LogP contribution in [-0.4, -0.2) is 25.2 Å². The summed E-state index contributed by atoms with van der Waals surface area (Å²) in [5, 5.41) is 3.87. The van der Waals surface area contributed by atoms with E-state index >= 15 is 0 Å². The van der Waals surface area contributed by atoms with Gasteiger partial charge in [0, 0.05) is 15.6 Å². The van der Waals surface area contributed by atoms with Crippen LogP contribution in [0.5, 0.6) is 5.75 Å². The average Bonchev–Trinajstić information content (AvgIpc) is 2.80. The van der Waals surface area contributed by atoms with Crippen molar-refractivity contribution < 1.29 is 19.1 Å². The molecule has 0 unspecified atom stereocenters. The summed E-state index contributed by atoms with van der Waals surface area (Å²) in [7, 11) is -0.396. The Hall–Kier alpha value is -2.93. The minimum Gasteiger partial charge on any atom is -0.460 e. The van der Waals surface area contributed by atoms with E-state index in [9.17, 15) is 9.59 Å². The lowest BCUT2D eigenvalue weighted by Crippen LogP contribution is -2.30. The van der Waals surface area contributed by atoms with Crippen molar-refractivity contribution in [2.24, 2.45) is 0 Å². The van der Waals surface area contributed by atoms with Crippen LogP contribution in [-0.2, 0) is 20.4 Å². The van der Waals surface area contributed by atoms with E-state index in [0.29, 0.717) is 21.4 Å². The molecule has 8 heteroatoms. The first-order valence-corrected chi connectivity index (χ1v) is 12.0. The molecule has 0 saturated heterocycles. The van der Waals surface area contributed by atoms with Crippen LogP contribution in [0.1, 0.15) is 6.92 Å². The van der Waals surface area contributed by atoms with Crippen LogP contribution in [0.25, 0.3) is 0 Å². The minimum absolute atomic E-state index is 0.0325. The number of hydrogen-bond donors (Lipinski definition) is 1. The van der Waals surface area contributed by atoms with Crippen molar-refractivity contribution in [1.29, 1.82) is 0 Å². The molecule has 3 aromatic rings. The molecular formula is C25H22Cl2NO4S+. The van der Waals surface area contributed by atoms with Crippen molar-refractivity contribution in [3.8, 4) is 5.75 Å². The predicted octanol–water partition coefficient (Wildman–Crippen LogP) is 6.30. The van der Waals surface area contributed by atoms with E-state index in [2.05, 4.69) is 11.9 Å².